The van der Waals surface area contributed by atoms with E-state index in [4.69, 9.17) is 0 Å². The van der Waals surface area contributed by atoms with Crippen LogP contribution in [0.1, 0.15) is 59.3 Å². The maximum absolute atomic E-state index is 14.0. The molecule has 0 unspecified atom stereocenters. The molecule has 4 rings (SSSR count). The minimum Gasteiger partial charge on any atom is -0.390 e. The van der Waals surface area contributed by atoms with Crippen molar-refractivity contribution in [2.75, 3.05) is 6.54 Å². The van der Waals surface area contributed by atoms with Gasteiger partial charge in [-0.2, -0.15) is 5.26 Å². The number of hydrogen-bond acceptors (Lipinski definition) is 4. The quantitative estimate of drug-likeness (QED) is 0.175. The number of aromatic nitrogens is 1. The molecule has 0 radical (unpaired) electrons. The molecular formula is C33H37ClF2N4O2. The van der Waals surface area contributed by atoms with Crippen LogP contribution in [0.4, 0.5) is 8.78 Å². The number of hydrogen-bond donors (Lipinski definition) is 3. The Morgan fingerprint density at radius 1 is 1.02 bits per heavy atom. The average Bonchev–Trinajstić information content (AvgIpc) is 3.37. The zero-order valence-electron chi connectivity index (χ0n) is 23.9. The third kappa shape index (κ3) is 8.39. The van der Waals surface area contributed by atoms with Crippen LogP contribution < -0.4 is 10.6 Å². The molecule has 0 bridgehead atoms. The second kappa shape index (κ2) is 15.5. The van der Waals surface area contributed by atoms with E-state index in [0.29, 0.717) is 17.7 Å². The summed E-state index contributed by atoms with van der Waals surface area (Å²) in [5.41, 5.74) is 4.01. The number of aliphatic hydroxyl groups excluding tert-OH is 1. The normalized spacial score (nSPS) is 12.4. The molecule has 0 fully saturated rings. The van der Waals surface area contributed by atoms with E-state index in [1.165, 1.54) is 23.8 Å². The molecule has 222 valence electrons. The molecule has 0 spiro atoms. The highest BCUT2D eigenvalue weighted by molar-refractivity contribution is 6.00. The summed E-state index contributed by atoms with van der Waals surface area (Å²) in [6.07, 6.45) is 3.73. The highest BCUT2D eigenvalue weighted by atomic mass is 35.5. The molecule has 3 aromatic carbocycles. The molecule has 2 atom stereocenters. The SMILES string of the molecule is CCCCn1ccc2c(C#N)cc(C(=O)N[C@@H](Cc3cc(F)cc(F)c3)[C@H](O)CNCc3cccc(CC)c3)cc21.Cl. The molecule has 0 saturated heterocycles. The first-order valence-electron chi connectivity index (χ1n) is 14.1. The molecule has 1 heterocycles. The fourth-order valence-electron chi connectivity index (χ4n) is 5.03. The highest BCUT2D eigenvalue weighted by Gasteiger charge is 2.24. The van der Waals surface area contributed by atoms with Crippen LogP contribution in [-0.2, 0) is 25.9 Å². The maximum Gasteiger partial charge on any atom is 0.251 e. The number of rotatable bonds is 13. The first-order valence-corrected chi connectivity index (χ1v) is 14.1. The van der Waals surface area contributed by atoms with Gasteiger partial charge in [0, 0.05) is 42.8 Å². The van der Waals surface area contributed by atoms with Gasteiger partial charge < -0.3 is 20.3 Å². The molecule has 0 aliphatic carbocycles. The van der Waals surface area contributed by atoms with Gasteiger partial charge in [0.2, 0.25) is 0 Å². The Morgan fingerprint density at radius 3 is 2.45 bits per heavy atom. The fraction of sp³-hybridized carbons (Fsp3) is 0.333. The summed E-state index contributed by atoms with van der Waals surface area (Å²) in [5.74, 6) is -1.95. The summed E-state index contributed by atoms with van der Waals surface area (Å²) in [6.45, 7) is 5.59. The van der Waals surface area contributed by atoms with Crippen LogP contribution in [0.25, 0.3) is 10.9 Å². The van der Waals surface area contributed by atoms with Crippen molar-refractivity contribution in [3.05, 3.63) is 106 Å². The zero-order chi connectivity index (χ0) is 29.4. The molecule has 42 heavy (non-hydrogen) atoms. The van der Waals surface area contributed by atoms with Gasteiger partial charge >= 0.3 is 0 Å². The van der Waals surface area contributed by atoms with Gasteiger partial charge in [0.15, 0.2) is 0 Å². The van der Waals surface area contributed by atoms with Crippen LogP contribution in [0, 0.1) is 23.0 Å². The Labute approximate surface area is 251 Å². The summed E-state index contributed by atoms with van der Waals surface area (Å²) in [5, 5.41) is 27.8. The van der Waals surface area contributed by atoms with Crippen LogP contribution in [0.15, 0.2) is 66.9 Å². The van der Waals surface area contributed by atoms with Gasteiger partial charge in [0.25, 0.3) is 5.91 Å². The number of amides is 1. The standard InChI is InChI=1S/C33H36F2N4O2.ClH/c1-3-5-10-39-11-9-29-26(19-36)16-25(17-31(29)39)33(41)38-30(15-24-13-27(34)18-28(35)14-24)32(40)21-37-20-23-8-6-7-22(4-2)12-23;/h6-9,11-14,16-18,30,32,37,40H,3-5,10,15,20-21H2,1-2H3,(H,38,41);1H/t30-,32+;/m0./s1. The minimum absolute atomic E-state index is 0. The van der Waals surface area contributed by atoms with Gasteiger partial charge in [-0.3, -0.25) is 4.79 Å². The molecule has 3 N–H and O–H groups in total. The van der Waals surface area contributed by atoms with Crippen molar-refractivity contribution >= 4 is 29.2 Å². The average molecular weight is 595 g/mol. The van der Waals surface area contributed by atoms with Gasteiger partial charge in [0.05, 0.1) is 29.3 Å². The smallest absolute Gasteiger partial charge is 0.251 e. The van der Waals surface area contributed by atoms with Crippen LogP contribution >= 0.6 is 12.4 Å². The van der Waals surface area contributed by atoms with Gasteiger partial charge in [-0.15, -0.1) is 12.4 Å². The molecule has 0 aliphatic heterocycles. The van der Waals surface area contributed by atoms with E-state index in [2.05, 4.69) is 42.7 Å². The third-order valence-electron chi connectivity index (χ3n) is 7.27. The maximum atomic E-state index is 14.0. The Hall–Kier alpha value is -3.77. The third-order valence-corrected chi connectivity index (χ3v) is 7.27. The van der Waals surface area contributed by atoms with Crippen LogP contribution in [-0.4, -0.2) is 34.3 Å². The van der Waals surface area contributed by atoms with Gasteiger partial charge in [-0.05, 0) is 66.3 Å². The lowest BCUT2D eigenvalue weighted by Gasteiger charge is -2.25. The predicted molar refractivity (Wildman–Crippen MR) is 164 cm³/mol. The Balaban J connectivity index is 0.00000484. The summed E-state index contributed by atoms with van der Waals surface area (Å²) in [7, 11) is 0. The molecular weight excluding hydrogens is 558 g/mol. The lowest BCUT2D eigenvalue weighted by Crippen LogP contribution is -2.48. The van der Waals surface area contributed by atoms with Gasteiger partial charge in [-0.1, -0.05) is 44.5 Å². The number of nitrogens with zero attached hydrogens (tertiary/aromatic N) is 2. The van der Waals surface area contributed by atoms with E-state index >= 15 is 0 Å². The fourth-order valence-corrected chi connectivity index (χ4v) is 5.03. The summed E-state index contributed by atoms with van der Waals surface area (Å²) < 4.78 is 29.9. The molecule has 1 amide bonds. The number of nitrogens with one attached hydrogen (secondary N) is 2. The number of aryl methyl sites for hydroxylation is 2. The summed E-state index contributed by atoms with van der Waals surface area (Å²) in [4.78, 5) is 13.5. The number of halogens is 3. The molecule has 0 aliphatic rings. The van der Waals surface area contributed by atoms with Crippen LogP contribution in [0.5, 0.6) is 0 Å². The molecule has 6 nitrogen and oxygen atoms in total. The number of nitriles is 1. The van der Waals surface area contributed by atoms with Gasteiger partial charge in [-0.25, -0.2) is 8.78 Å². The highest BCUT2D eigenvalue weighted by Crippen LogP contribution is 2.23. The van der Waals surface area contributed by atoms with E-state index in [9.17, 15) is 23.9 Å². The van der Waals surface area contributed by atoms with Crippen LogP contribution in [0.2, 0.25) is 0 Å². The zero-order valence-corrected chi connectivity index (χ0v) is 24.7. The van der Waals surface area contributed by atoms with E-state index < -0.39 is 29.7 Å². The Kier molecular flexibility index (Phi) is 12.0. The van der Waals surface area contributed by atoms with E-state index in [-0.39, 0.29) is 30.9 Å². The first kappa shape index (κ1) is 32.7. The predicted octanol–water partition coefficient (Wildman–Crippen LogP) is 6.07. The van der Waals surface area contributed by atoms with Crippen molar-refractivity contribution in [1.82, 2.24) is 15.2 Å². The number of fused-ring (bicyclic) bond motifs is 1. The Bertz CT molecular complexity index is 1530. The second-order valence-electron chi connectivity index (χ2n) is 10.4. The lowest BCUT2D eigenvalue weighted by atomic mass is 9.99. The lowest BCUT2D eigenvalue weighted by molar-refractivity contribution is 0.0830. The summed E-state index contributed by atoms with van der Waals surface area (Å²) >= 11 is 0. The van der Waals surface area contributed by atoms with Gasteiger partial charge in [0.1, 0.15) is 11.6 Å². The molecule has 4 aromatic rings. The molecule has 0 saturated carbocycles. The monoisotopic (exact) mass is 594 g/mol. The number of carbonyl (C=O) groups is 1. The topological polar surface area (TPSA) is 90.1 Å². The number of aliphatic hydroxyl groups is 1. The molecule has 1 aromatic heterocycles. The van der Waals surface area contributed by atoms with E-state index in [0.717, 1.165) is 48.3 Å². The first-order chi connectivity index (χ1) is 19.8. The van der Waals surface area contributed by atoms with Crippen molar-refractivity contribution in [3.8, 4) is 6.07 Å². The largest absolute Gasteiger partial charge is 0.390 e. The van der Waals surface area contributed by atoms with Crippen molar-refractivity contribution in [1.29, 1.82) is 5.26 Å². The summed E-state index contributed by atoms with van der Waals surface area (Å²) in [6, 6.07) is 17.8. The minimum atomic E-state index is -1.06. The van der Waals surface area contributed by atoms with E-state index in [1.807, 2.05) is 29.0 Å². The number of benzene rings is 3. The number of unbranched alkanes of at least 4 members (excludes halogenated alkanes) is 1. The van der Waals surface area contributed by atoms with E-state index in [1.54, 1.807) is 6.07 Å². The second-order valence-corrected chi connectivity index (χ2v) is 10.4. The van der Waals surface area contributed by atoms with Crippen molar-refractivity contribution in [3.63, 3.8) is 0 Å². The molecule has 9 heteroatoms. The van der Waals surface area contributed by atoms with Crippen molar-refractivity contribution in [2.45, 2.75) is 64.8 Å². The van der Waals surface area contributed by atoms with Crippen molar-refractivity contribution in [2.24, 2.45) is 0 Å². The van der Waals surface area contributed by atoms with Crippen LogP contribution in [0.3, 0.4) is 0 Å². The Morgan fingerprint density at radius 2 is 1.76 bits per heavy atom. The van der Waals surface area contributed by atoms with Crippen molar-refractivity contribution < 1.29 is 18.7 Å². The number of carbonyl (C=O) groups excluding carboxylic acids is 1.